The fourth-order valence-corrected chi connectivity index (χ4v) is 4.75. The molecule has 9 heteroatoms. The summed E-state index contributed by atoms with van der Waals surface area (Å²) in [5.41, 5.74) is 3.42. The summed E-state index contributed by atoms with van der Waals surface area (Å²) in [5.74, 6) is 0.723. The first-order valence-corrected chi connectivity index (χ1v) is 12.5. The van der Waals surface area contributed by atoms with Crippen molar-refractivity contribution in [2.45, 2.75) is 52.0 Å². The molecule has 2 aromatic carbocycles. The normalized spacial score (nSPS) is 14.5. The Morgan fingerprint density at radius 2 is 1.81 bits per heavy atom. The smallest absolute Gasteiger partial charge is 0.272 e. The molecule has 184 valence electrons. The van der Waals surface area contributed by atoms with Crippen molar-refractivity contribution in [2.24, 2.45) is 5.92 Å². The van der Waals surface area contributed by atoms with Crippen molar-refractivity contribution in [1.82, 2.24) is 35.0 Å². The first-order valence-electron chi connectivity index (χ1n) is 12.5. The maximum atomic E-state index is 13.3. The Kier molecular flexibility index (Phi) is 6.97. The van der Waals surface area contributed by atoms with Gasteiger partial charge in [-0.1, -0.05) is 80.8 Å². The van der Waals surface area contributed by atoms with Crippen LogP contribution in [0.4, 0.5) is 0 Å². The van der Waals surface area contributed by atoms with Crippen LogP contribution in [0.1, 0.15) is 61.6 Å². The molecule has 0 bridgehead atoms. The Hall–Kier alpha value is -4.14. The second-order valence-corrected chi connectivity index (χ2v) is 9.10. The fourth-order valence-electron chi connectivity index (χ4n) is 4.75. The molecular weight excluding hydrogens is 454 g/mol. The third kappa shape index (κ3) is 4.82. The number of tetrazole rings is 1. The van der Waals surface area contributed by atoms with E-state index in [0.717, 1.165) is 65.5 Å². The molecule has 1 saturated carbocycles. The second kappa shape index (κ2) is 10.6. The third-order valence-electron chi connectivity index (χ3n) is 6.68. The molecule has 1 N–H and O–H groups in total. The number of carbonyl (C=O) groups excluding carboxylic acids is 1. The maximum absolute atomic E-state index is 13.3. The van der Waals surface area contributed by atoms with Crippen LogP contribution in [-0.2, 0) is 6.54 Å². The Morgan fingerprint density at radius 3 is 2.50 bits per heavy atom. The summed E-state index contributed by atoms with van der Waals surface area (Å²) in [6.45, 7) is 2.35. The van der Waals surface area contributed by atoms with Crippen molar-refractivity contribution >= 4 is 12.0 Å². The molecule has 0 aliphatic heterocycles. The standard InChI is InChI=1S/C27H29N7O2/c1-2-3-13-24-30-34(26(35)21-9-5-4-6-10-21)27(36)33(24)18-19-14-16-20(17-15-19)22-11-7-8-12-23(22)25-28-31-32-29-25/h3,7-8,11-17,21H,2,4-6,9-10,18H2,1H3,(H,28,29,31,32). The predicted molar refractivity (Wildman–Crippen MR) is 137 cm³/mol. The lowest BCUT2D eigenvalue weighted by molar-refractivity contribution is 0.0778. The quantitative estimate of drug-likeness (QED) is 0.412. The largest absolute Gasteiger partial charge is 0.353 e. The summed E-state index contributed by atoms with van der Waals surface area (Å²) in [5, 5.41) is 18.8. The van der Waals surface area contributed by atoms with Crippen molar-refractivity contribution in [3.05, 3.63) is 76.5 Å². The minimum absolute atomic E-state index is 0.124. The zero-order chi connectivity index (χ0) is 24.9. The number of allylic oxidation sites excluding steroid dienone is 1. The molecule has 1 aliphatic rings. The molecule has 2 heterocycles. The van der Waals surface area contributed by atoms with E-state index in [1.54, 1.807) is 4.57 Å². The molecule has 0 unspecified atom stereocenters. The molecule has 0 saturated heterocycles. The summed E-state index contributed by atoms with van der Waals surface area (Å²) in [4.78, 5) is 26.4. The highest BCUT2D eigenvalue weighted by molar-refractivity contribution is 5.81. The Labute approximate surface area is 208 Å². The van der Waals surface area contributed by atoms with E-state index in [-0.39, 0.29) is 17.5 Å². The topological polar surface area (TPSA) is 111 Å². The van der Waals surface area contributed by atoms with E-state index in [9.17, 15) is 9.59 Å². The number of nitrogens with zero attached hydrogens (tertiary/aromatic N) is 6. The van der Waals surface area contributed by atoms with Crippen LogP contribution in [0.25, 0.3) is 28.6 Å². The van der Waals surface area contributed by atoms with Gasteiger partial charge in [-0.3, -0.25) is 9.36 Å². The van der Waals surface area contributed by atoms with E-state index in [4.69, 9.17) is 0 Å². The van der Waals surface area contributed by atoms with Gasteiger partial charge in [0.2, 0.25) is 5.82 Å². The van der Waals surface area contributed by atoms with Gasteiger partial charge in [0.1, 0.15) is 0 Å². The molecule has 2 aromatic heterocycles. The van der Waals surface area contributed by atoms with Crippen LogP contribution in [-0.4, -0.2) is 40.9 Å². The lowest BCUT2D eigenvalue weighted by Gasteiger charge is -2.19. The van der Waals surface area contributed by atoms with Crippen molar-refractivity contribution in [3.63, 3.8) is 0 Å². The Morgan fingerprint density at radius 1 is 1.06 bits per heavy atom. The molecule has 4 aromatic rings. The molecule has 0 atom stereocenters. The number of rotatable bonds is 7. The second-order valence-electron chi connectivity index (χ2n) is 9.10. The van der Waals surface area contributed by atoms with E-state index in [0.29, 0.717) is 18.2 Å². The molecule has 5 rings (SSSR count). The highest BCUT2D eigenvalue weighted by Gasteiger charge is 2.26. The van der Waals surface area contributed by atoms with E-state index in [2.05, 4.69) is 25.7 Å². The number of H-pyrrole nitrogens is 1. The van der Waals surface area contributed by atoms with Crippen molar-refractivity contribution in [3.8, 4) is 22.5 Å². The monoisotopic (exact) mass is 483 g/mol. The number of carbonyl (C=O) groups is 1. The van der Waals surface area contributed by atoms with Gasteiger partial charge in [-0.05, 0) is 47.2 Å². The van der Waals surface area contributed by atoms with Crippen molar-refractivity contribution in [1.29, 1.82) is 0 Å². The highest BCUT2D eigenvalue weighted by atomic mass is 16.2. The minimum Gasteiger partial charge on any atom is -0.272 e. The zero-order valence-electron chi connectivity index (χ0n) is 20.3. The molecule has 36 heavy (non-hydrogen) atoms. The maximum Gasteiger partial charge on any atom is 0.353 e. The third-order valence-corrected chi connectivity index (χ3v) is 6.68. The van der Waals surface area contributed by atoms with Gasteiger partial charge in [-0.15, -0.1) is 20.0 Å². The van der Waals surface area contributed by atoms with Gasteiger partial charge in [-0.25, -0.2) is 4.79 Å². The first kappa shape index (κ1) is 23.6. The molecular formula is C27H29N7O2. The summed E-state index contributed by atoms with van der Waals surface area (Å²) < 4.78 is 2.66. The number of aromatic nitrogens is 7. The van der Waals surface area contributed by atoms with Gasteiger partial charge >= 0.3 is 5.69 Å². The van der Waals surface area contributed by atoms with Gasteiger partial charge in [0.15, 0.2) is 5.82 Å². The lowest BCUT2D eigenvalue weighted by atomic mass is 9.89. The molecule has 0 amide bonds. The van der Waals surface area contributed by atoms with Crippen molar-refractivity contribution < 1.29 is 4.79 Å². The van der Waals surface area contributed by atoms with E-state index in [1.165, 1.54) is 0 Å². The summed E-state index contributed by atoms with van der Waals surface area (Å²) in [7, 11) is 0. The summed E-state index contributed by atoms with van der Waals surface area (Å²) in [6, 6.07) is 15.9. The summed E-state index contributed by atoms with van der Waals surface area (Å²) >= 11 is 0. The highest BCUT2D eigenvalue weighted by Crippen LogP contribution is 2.30. The van der Waals surface area contributed by atoms with Gasteiger partial charge in [0, 0.05) is 11.5 Å². The van der Waals surface area contributed by atoms with Crippen LogP contribution in [0.3, 0.4) is 0 Å². The van der Waals surface area contributed by atoms with E-state index in [1.807, 2.05) is 67.6 Å². The first-order chi connectivity index (χ1) is 17.7. The molecule has 0 spiro atoms. The van der Waals surface area contributed by atoms with Crippen LogP contribution >= 0.6 is 0 Å². The average Bonchev–Trinajstić information content (AvgIpc) is 3.57. The Bertz CT molecular complexity index is 1410. The van der Waals surface area contributed by atoms with Gasteiger partial charge in [0.05, 0.1) is 6.54 Å². The SMILES string of the molecule is CCC=Cc1nn(C(=O)C2CCCCC2)c(=O)n1Cc1ccc(-c2ccccc2-c2nn[nH]n2)cc1. The number of hydrogen-bond donors (Lipinski definition) is 1. The number of nitrogens with one attached hydrogen (secondary N) is 1. The van der Waals surface area contributed by atoms with Crippen LogP contribution < -0.4 is 5.69 Å². The fraction of sp³-hybridized carbons (Fsp3) is 0.333. The molecule has 1 fully saturated rings. The van der Waals surface area contributed by atoms with E-state index >= 15 is 0 Å². The van der Waals surface area contributed by atoms with Gasteiger partial charge < -0.3 is 0 Å². The minimum atomic E-state index is -0.382. The number of hydrogen-bond acceptors (Lipinski definition) is 6. The van der Waals surface area contributed by atoms with Gasteiger partial charge in [0.25, 0.3) is 5.91 Å². The number of benzene rings is 2. The number of aromatic amines is 1. The van der Waals surface area contributed by atoms with Crippen LogP contribution in [0.15, 0.2) is 59.4 Å². The van der Waals surface area contributed by atoms with Crippen LogP contribution in [0, 0.1) is 5.92 Å². The average molecular weight is 484 g/mol. The van der Waals surface area contributed by atoms with Crippen LogP contribution in [0.5, 0.6) is 0 Å². The summed E-state index contributed by atoms with van der Waals surface area (Å²) in [6.07, 6.45) is 9.43. The van der Waals surface area contributed by atoms with Gasteiger partial charge in [-0.2, -0.15) is 5.21 Å². The zero-order valence-corrected chi connectivity index (χ0v) is 20.3. The molecule has 1 aliphatic carbocycles. The molecule has 0 radical (unpaired) electrons. The predicted octanol–water partition coefficient (Wildman–Crippen LogP) is 4.58. The lowest BCUT2D eigenvalue weighted by Crippen LogP contribution is -2.34. The van der Waals surface area contributed by atoms with Crippen molar-refractivity contribution in [2.75, 3.05) is 0 Å². The Balaban J connectivity index is 1.43. The van der Waals surface area contributed by atoms with Crippen LogP contribution in [0.2, 0.25) is 0 Å². The van der Waals surface area contributed by atoms with E-state index < -0.39 is 0 Å². The molecule has 9 nitrogen and oxygen atoms in total.